The molecule has 134 valence electrons. The Morgan fingerprint density at radius 1 is 1.31 bits per heavy atom. The molecule has 1 heterocycles. The van der Waals surface area contributed by atoms with Crippen molar-refractivity contribution >= 4 is 33.2 Å². The van der Waals surface area contributed by atoms with Crippen molar-refractivity contribution in [3.05, 3.63) is 58.1 Å². The number of nitrogens with one attached hydrogen (secondary N) is 1. The number of benzene rings is 2. The van der Waals surface area contributed by atoms with Gasteiger partial charge >= 0.3 is 0 Å². The minimum absolute atomic E-state index is 0.0716. The lowest BCUT2D eigenvalue weighted by Gasteiger charge is -2.39. The van der Waals surface area contributed by atoms with Crippen molar-refractivity contribution in [2.24, 2.45) is 5.73 Å². The van der Waals surface area contributed by atoms with Crippen LogP contribution >= 0.6 is 15.9 Å². The van der Waals surface area contributed by atoms with Crippen LogP contribution < -0.4 is 16.0 Å². The maximum Gasteiger partial charge on any atom is 0.224 e. The Balaban J connectivity index is 1.89. The molecule has 2 atom stereocenters. The number of hydrogen-bond acceptors (Lipinski definition) is 3. The van der Waals surface area contributed by atoms with Gasteiger partial charge in [-0.25, -0.2) is 0 Å². The summed E-state index contributed by atoms with van der Waals surface area (Å²) in [4.78, 5) is 14.0. The molecule has 0 unspecified atom stereocenters. The van der Waals surface area contributed by atoms with Crippen LogP contribution in [0.15, 0.2) is 46.9 Å². The molecule has 0 radical (unpaired) electrons. The summed E-state index contributed by atoms with van der Waals surface area (Å²) in [5.41, 5.74) is 9.49. The second-order valence-corrected chi connectivity index (χ2v) is 7.37. The lowest BCUT2D eigenvalue weighted by molar-refractivity contribution is -0.117. The largest absolute Gasteiger partial charge is 0.378 e. The van der Waals surface area contributed by atoms with Crippen molar-refractivity contribution in [3.63, 3.8) is 0 Å². The molecule has 3 rings (SSSR count). The standard InChI is InChI=1S/C21H22BrN3O/c1-14-12-20(24-18-8-5-16(6-9-18)4-3-11-23)19-13-17(22)7-10-21(19)25(14)15(2)26/h5-10,13-14,20,24H,11-12,23H2,1-2H3/t14-,20+/m0/s1. The molecular weight excluding hydrogens is 390 g/mol. The highest BCUT2D eigenvalue weighted by Crippen LogP contribution is 2.40. The van der Waals surface area contributed by atoms with Crippen LogP contribution in [0.25, 0.3) is 0 Å². The molecule has 1 aliphatic heterocycles. The summed E-state index contributed by atoms with van der Waals surface area (Å²) in [6.07, 6.45) is 0.845. The van der Waals surface area contributed by atoms with Gasteiger partial charge in [-0.15, -0.1) is 0 Å². The molecule has 0 fully saturated rings. The van der Waals surface area contributed by atoms with E-state index in [2.05, 4.69) is 46.1 Å². The fraction of sp³-hybridized carbons (Fsp3) is 0.286. The Morgan fingerprint density at radius 2 is 2.04 bits per heavy atom. The molecule has 0 aliphatic carbocycles. The summed E-state index contributed by atoms with van der Waals surface area (Å²) in [5.74, 6) is 5.96. The van der Waals surface area contributed by atoms with Gasteiger partial charge in [0.2, 0.25) is 5.91 Å². The lowest BCUT2D eigenvalue weighted by Crippen LogP contribution is -2.43. The number of nitrogens with two attached hydrogens (primary N) is 1. The van der Waals surface area contributed by atoms with Gasteiger partial charge < -0.3 is 16.0 Å². The molecule has 0 spiro atoms. The number of carbonyl (C=O) groups excluding carboxylic acids is 1. The fourth-order valence-corrected chi connectivity index (χ4v) is 3.83. The van der Waals surface area contributed by atoms with Gasteiger partial charge in [-0.05, 0) is 61.4 Å². The quantitative estimate of drug-likeness (QED) is 0.732. The van der Waals surface area contributed by atoms with Gasteiger partial charge in [0.15, 0.2) is 0 Å². The molecule has 1 aliphatic rings. The summed E-state index contributed by atoms with van der Waals surface area (Å²) in [5, 5.41) is 3.61. The molecule has 2 aromatic rings. The molecule has 4 nitrogen and oxygen atoms in total. The number of nitrogens with zero attached hydrogens (tertiary/aromatic N) is 1. The van der Waals surface area contributed by atoms with Crippen LogP contribution in [0.1, 0.15) is 37.4 Å². The lowest BCUT2D eigenvalue weighted by atomic mass is 9.91. The fourth-order valence-electron chi connectivity index (χ4n) is 3.46. The first-order valence-electron chi connectivity index (χ1n) is 8.64. The predicted molar refractivity (Wildman–Crippen MR) is 110 cm³/mol. The zero-order chi connectivity index (χ0) is 18.7. The molecule has 0 saturated carbocycles. The number of halogens is 1. The van der Waals surface area contributed by atoms with Crippen molar-refractivity contribution in [1.29, 1.82) is 0 Å². The van der Waals surface area contributed by atoms with E-state index in [1.54, 1.807) is 6.92 Å². The predicted octanol–water partition coefficient (Wildman–Crippen LogP) is 4.06. The van der Waals surface area contributed by atoms with E-state index in [1.165, 1.54) is 0 Å². The molecule has 3 N–H and O–H groups in total. The zero-order valence-electron chi connectivity index (χ0n) is 14.9. The van der Waals surface area contributed by atoms with E-state index in [0.29, 0.717) is 6.54 Å². The van der Waals surface area contributed by atoms with Crippen LogP contribution in [0.4, 0.5) is 11.4 Å². The smallest absolute Gasteiger partial charge is 0.224 e. The number of anilines is 2. The van der Waals surface area contributed by atoms with E-state index >= 15 is 0 Å². The highest BCUT2D eigenvalue weighted by molar-refractivity contribution is 9.10. The van der Waals surface area contributed by atoms with Gasteiger partial charge in [-0.3, -0.25) is 4.79 Å². The van der Waals surface area contributed by atoms with Crippen molar-refractivity contribution in [3.8, 4) is 11.8 Å². The third-order valence-corrected chi connectivity index (χ3v) is 5.04. The van der Waals surface area contributed by atoms with Crippen LogP contribution in [0.2, 0.25) is 0 Å². The Hall–Kier alpha value is -2.29. The van der Waals surface area contributed by atoms with E-state index in [1.807, 2.05) is 41.3 Å². The first kappa shape index (κ1) is 18.5. The Labute approximate surface area is 162 Å². The van der Waals surface area contributed by atoms with Gasteiger partial charge in [0, 0.05) is 34.4 Å². The van der Waals surface area contributed by atoms with Gasteiger partial charge in [0.05, 0.1) is 12.6 Å². The summed E-state index contributed by atoms with van der Waals surface area (Å²) in [7, 11) is 0. The molecule has 2 aromatic carbocycles. The minimum Gasteiger partial charge on any atom is -0.378 e. The highest BCUT2D eigenvalue weighted by atomic mass is 79.9. The van der Waals surface area contributed by atoms with Crippen LogP contribution in [0.3, 0.4) is 0 Å². The van der Waals surface area contributed by atoms with Gasteiger partial charge in [-0.1, -0.05) is 27.8 Å². The van der Waals surface area contributed by atoms with E-state index in [-0.39, 0.29) is 18.0 Å². The first-order valence-corrected chi connectivity index (χ1v) is 9.43. The van der Waals surface area contributed by atoms with E-state index in [9.17, 15) is 4.79 Å². The third kappa shape index (κ3) is 3.92. The molecule has 26 heavy (non-hydrogen) atoms. The number of amides is 1. The monoisotopic (exact) mass is 411 g/mol. The Bertz CT molecular complexity index is 867. The molecule has 0 aromatic heterocycles. The van der Waals surface area contributed by atoms with Crippen molar-refractivity contribution < 1.29 is 4.79 Å². The van der Waals surface area contributed by atoms with Crippen LogP contribution in [0, 0.1) is 11.8 Å². The van der Waals surface area contributed by atoms with E-state index in [4.69, 9.17) is 5.73 Å². The summed E-state index contributed by atoms with van der Waals surface area (Å²) in [6, 6.07) is 14.4. The van der Waals surface area contributed by atoms with Gasteiger partial charge in [-0.2, -0.15) is 0 Å². The van der Waals surface area contributed by atoms with Gasteiger partial charge in [0.25, 0.3) is 0 Å². The van der Waals surface area contributed by atoms with Crippen molar-refractivity contribution in [2.75, 3.05) is 16.8 Å². The zero-order valence-corrected chi connectivity index (χ0v) is 16.5. The van der Waals surface area contributed by atoms with Crippen LogP contribution in [0.5, 0.6) is 0 Å². The van der Waals surface area contributed by atoms with Crippen LogP contribution in [-0.4, -0.2) is 18.5 Å². The third-order valence-electron chi connectivity index (χ3n) is 4.54. The molecule has 0 bridgehead atoms. The average Bonchev–Trinajstić information content (AvgIpc) is 2.61. The second kappa shape index (κ2) is 7.94. The maximum absolute atomic E-state index is 12.1. The second-order valence-electron chi connectivity index (χ2n) is 6.46. The summed E-state index contributed by atoms with van der Waals surface area (Å²) >= 11 is 3.55. The summed E-state index contributed by atoms with van der Waals surface area (Å²) in [6.45, 7) is 4.07. The van der Waals surface area contributed by atoms with E-state index in [0.717, 1.165) is 33.4 Å². The SMILES string of the molecule is CC(=O)N1c2ccc(Br)cc2[C@H](Nc2ccc(C#CCN)cc2)C[C@@H]1C. The number of hydrogen-bond donors (Lipinski definition) is 2. The molecule has 0 saturated heterocycles. The Morgan fingerprint density at radius 3 is 2.69 bits per heavy atom. The number of carbonyl (C=O) groups is 1. The highest BCUT2D eigenvalue weighted by Gasteiger charge is 2.32. The molecule has 5 heteroatoms. The maximum atomic E-state index is 12.1. The minimum atomic E-state index is 0.0716. The topological polar surface area (TPSA) is 58.4 Å². The average molecular weight is 412 g/mol. The summed E-state index contributed by atoms with van der Waals surface area (Å²) < 4.78 is 1.01. The molecular formula is C21H22BrN3O. The van der Waals surface area contributed by atoms with Crippen molar-refractivity contribution in [1.82, 2.24) is 0 Å². The van der Waals surface area contributed by atoms with E-state index < -0.39 is 0 Å². The van der Waals surface area contributed by atoms with Gasteiger partial charge in [0.1, 0.15) is 0 Å². The Kier molecular flexibility index (Phi) is 5.65. The number of rotatable bonds is 2. The van der Waals surface area contributed by atoms with Crippen molar-refractivity contribution in [2.45, 2.75) is 32.4 Å². The normalized spacial score (nSPS) is 18.5. The van der Waals surface area contributed by atoms with Crippen LogP contribution in [-0.2, 0) is 4.79 Å². The first-order chi connectivity index (χ1) is 12.5. The number of fused-ring (bicyclic) bond motifs is 1. The molecule has 1 amide bonds.